The van der Waals surface area contributed by atoms with E-state index in [1.54, 1.807) is 0 Å². The van der Waals surface area contributed by atoms with E-state index in [1.807, 2.05) is 0 Å². The molecule has 0 bridgehead atoms. The van der Waals surface area contributed by atoms with Gasteiger partial charge in [0.15, 0.2) is 0 Å². The number of aliphatic hydroxyl groups excluding tert-OH is 1. The molecule has 0 amide bonds. The average molecular weight is 306 g/mol. The van der Waals surface area contributed by atoms with Gasteiger partial charge in [-0.25, -0.2) is 4.39 Å². The fourth-order valence-corrected chi connectivity index (χ4v) is 7.11. The van der Waals surface area contributed by atoms with Gasteiger partial charge in [0, 0.05) is 0 Å². The lowest BCUT2D eigenvalue weighted by molar-refractivity contribution is -0.116. The summed E-state index contributed by atoms with van der Waals surface area (Å²) in [5.41, 5.74) is 1.33. The number of halogens is 1. The molecule has 0 aromatic carbocycles. The Morgan fingerprint density at radius 2 is 1.82 bits per heavy atom. The van der Waals surface area contributed by atoms with Gasteiger partial charge in [-0.2, -0.15) is 0 Å². The van der Waals surface area contributed by atoms with Gasteiger partial charge in [-0.1, -0.05) is 20.4 Å². The summed E-state index contributed by atoms with van der Waals surface area (Å²) in [4.78, 5) is 0. The van der Waals surface area contributed by atoms with E-state index in [0.29, 0.717) is 23.2 Å². The summed E-state index contributed by atoms with van der Waals surface area (Å²) in [5, 5.41) is 10.1. The summed E-state index contributed by atoms with van der Waals surface area (Å²) in [6.07, 6.45) is 7.87. The van der Waals surface area contributed by atoms with Crippen molar-refractivity contribution in [3.8, 4) is 0 Å². The maximum Gasteiger partial charge on any atom is 0.122 e. The van der Waals surface area contributed by atoms with Gasteiger partial charge in [0.05, 0.1) is 6.10 Å². The van der Waals surface area contributed by atoms with Crippen molar-refractivity contribution in [3.63, 3.8) is 0 Å². The molecule has 0 radical (unpaired) electrons. The number of alkyl halides is 1. The summed E-state index contributed by atoms with van der Waals surface area (Å²) < 4.78 is 14.4. The molecule has 0 aromatic rings. The Kier molecular flexibility index (Phi) is 3.32. The molecule has 2 heteroatoms. The fourth-order valence-electron chi connectivity index (χ4n) is 7.11. The van der Waals surface area contributed by atoms with E-state index in [1.165, 1.54) is 25.7 Å². The predicted molar refractivity (Wildman–Crippen MR) is 87.2 cm³/mol. The number of aliphatic hydroxyl groups is 1. The van der Waals surface area contributed by atoms with Gasteiger partial charge in [-0.05, 0) is 91.4 Å². The first-order chi connectivity index (χ1) is 10.4. The van der Waals surface area contributed by atoms with Gasteiger partial charge < -0.3 is 5.11 Å². The highest BCUT2D eigenvalue weighted by Gasteiger charge is 2.60. The Morgan fingerprint density at radius 3 is 2.59 bits per heavy atom. The van der Waals surface area contributed by atoms with Crippen molar-refractivity contribution < 1.29 is 9.50 Å². The van der Waals surface area contributed by atoms with Crippen LogP contribution in [0.15, 0.2) is 12.2 Å². The van der Waals surface area contributed by atoms with E-state index in [2.05, 4.69) is 20.4 Å². The standard InChI is InChI=1S/C20H31FO/c1-12-18(21)11-17-15-5-4-13-10-14(22)6-8-20(13,3)16(15)7-9-19(12,17)2/h13-18,22H,1,4-11H2,2-3H3. The van der Waals surface area contributed by atoms with E-state index in [4.69, 9.17) is 0 Å². The maximum atomic E-state index is 14.4. The number of fused-ring (bicyclic) bond motifs is 5. The van der Waals surface area contributed by atoms with Crippen LogP contribution < -0.4 is 0 Å². The number of allylic oxidation sites excluding steroid dienone is 1. The highest BCUT2D eigenvalue weighted by atomic mass is 19.1. The highest BCUT2D eigenvalue weighted by Crippen LogP contribution is 2.67. The van der Waals surface area contributed by atoms with Crippen molar-refractivity contribution in [2.75, 3.05) is 0 Å². The predicted octanol–water partition coefficient (Wildman–Crippen LogP) is 4.89. The first-order valence-corrected chi connectivity index (χ1v) is 9.37. The van der Waals surface area contributed by atoms with Gasteiger partial charge in [0.1, 0.15) is 6.17 Å². The molecule has 8 atom stereocenters. The van der Waals surface area contributed by atoms with E-state index < -0.39 is 6.17 Å². The molecule has 0 aliphatic heterocycles. The molecule has 8 unspecified atom stereocenters. The van der Waals surface area contributed by atoms with Gasteiger partial charge in [0.25, 0.3) is 0 Å². The SMILES string of the molecule is C=C1C(F)CC2C3CCC4CC(O)CCC4(C)C3CCC12C. The minimum absolute atomic E-state index is 0.0535. The third-order valence-electron chi connectivity index (χ3n) is 8.60. The molecule has 1 N–H and O–H groups in total. The highest BCUT2D eigenvalue weighted by molar-refractivity contribution is 5.25. The van der Waals surface area contributed by atoms with E-state index in [9.17, 15) is 9.50 Å². The Hall–Kier alpha value is -0.370. The van der Waals surface area contributed by atoms with Crippen molar-refractivity contribution >= 4 is 0 Å². The lowest BCUT2D eigenvalue weighted by atomic mass is 9.45. The Labute approximate surface area is 134 Å². The normalized spacial score (nSPS) is 57.9. The Balaban J connectivity index is 1.64. The molecular formula is C20H31FO. The van der Waals surface area contributed by atoms with Crippen LogP contribution in [0.5, 0.6) is 0 Å². The third-order valence-corrected chi connectivity index (χ3v) is 8.60. The number of hydrogen-bond donors (Lipinski definition) is 1. The molecule has 4 rings (SSSR count). The lowest BCUT2D eigenvalue weighted by Gasteiger charge is -2.60. The van der Waals surface area contributed by atoms with Crippen molar-refractivity contribution in [1.82, 2.24) is 0 Å². The quantitative estimate of drug-likeness (QED) is 0.631. The largest absolute Gasteiger partial charge is 0.393 e. The fraction of sp³-hybridized carbons (Fsp3) is 0.900. The second kappa shape index (κ2) is 4.82. The molecular weight excluding hydrogens is 275 g/mol. The summed E-state index contributed by atoms with van der Waals surface area (Å²) in [6.45, 7) is 8.90. The van der Waals surface area contributed by atoms with Crippen LogP contribution in [-0.2, 0) is 0 Å². The molecule has 4 fully saturated rings. The molecule has 124 valence electrons. The second-order valence-electron chi connectivity index (χ2n) is 9.27. The summed E-state index contributed by atoms with van der Waals surface area (Å²) >= 11 is 0. The second-order valence-corrected chi connectivity index (χ2v) is 9.27. The van der Waals surface area contributed by atoms with Crippen LogP contribution >= 0.6 is 0 Å². The molecule has 4 aliphatic carbocycles. The zero-order chi connectivity index (χ0) is 15.7. The van der Waals surface area contributed by atoms with E-state index in [-0.39, 0.29) is 11.5 Å². The summed E-state index contributed by atoms with van der Waals surface area (Å²) in [6, 6.07) is 0. The van der Waals surface area contributed by atoms with Gasteiger partial charge >= 0.3 is 0 Å². The lowest BCUT2D eigenvalue weighted by Crippen LogP contribution is -2.53. The molecule has 0 aromatic heterocycles. The monoisotopic (exact) mass is 306 g/mol. The van der Waals surface area contributed by atoms with Crippen LogP contribution in [0.25, 0.3) is 0 Å². The minimum atomic E-state index is -0.771. The molecule has 0 saturated heterocycles. The summed E-state index contributed by atoms with van der Waals surface area (Å²) in [7, 11) is 0. The molecule has 4 saturated carbocycles. The molecule has 22 heavy (non-hydrogen) atoms. The zero-order valence-corrected chi connectivity index (χ0v) is 14.2. The first-order valence-electron chi connectivity index (χ1n) is 9.37. The van der Waals surface area contributed by atoms with Crippen LogP contribution in [-0.4, -0.2) is 17.4 Å². The van der Waals surface area contributed by atoms with Gasteiger partial charge in [-0.15, -0.1) is 0 Å². The molecule has 0 spiro atoms. The number of rotatable bonds is 0. The van der Waals surface area contributed by atoms with Crippen LogP contribution in [0.4, 0.5) is 4.39 Å². The Morgan fingerprint density at radius 1 is 1.05 bits per heavy atom. The van der Waals surface area contributed by atoms with Crippen molar-refractivity contribution in [3.05, 3.63) is 12.2 Å². The van der Waals surface area contributed by atoms with Crippen molar-refractivity contribution in [1.29, 1.82) is 0 Å². The summed E-state index contributed by atoms with van der Waals surface area (Å²) in [5.74, 6) is 2.63. The third kappa shape index (κ3) is 1.85. The van der Waals surface area contributed by atoms with Crippen LogP contribution in [0, 0.1) is 34.5 Å². The maximum absolute atomic E-state index is 14.4. The van der Waals surface area contributed by atoms with Gasteiger partial charge in [-0.3, -0.25) is 0 Å². The van der Waals surface area contributed by atoms with E-state index >= 15 is 0 Å². The van der Waals surface area contributed by atoms with Crippen molar-refractivity contribution in [2.45, 2.75) is 77.5 Å². The zero-order valence-electron chi connectivity index (χ0n) is 14.2. The molecule has 1 nitrogen and oxygen atoms in total. The van der Waals surface area contributed by atoms with Crippen LogP contribution in [0.3, 0.4) is 0 Å². The topological polar surface area (TPSA) is 20.2 Å². The van der Waals surface area contributed by atoms with Crippen LogP contribution in [0.1, 0.15) is 65.2 Å². The van der Waals surface area contributed by atoms with Crippen molar-refractivity contribution in [2.24, 2.45) is 34.5 Å². The molecule has 4 aliphatic rings. The smallest absolute Gasteiger partial charge is 0.122 e. The Bertz CT molecular complexity index is 488. The first kappa shape index (κ1) is 15.2. The van der Waals surface area contributed by atoms with Crippen LogP contribution in [0.2, 0.25) is 0 Å². The van der Waals surface area contributed by atoms with E-state index in [0.717, 1.165) is 37.2 Å². The molecule has 0 heterocycles. The minimum Gasteiger partial charge on any atom is -0.393 e. The average Bonchev–Trinajstić information content (AvgIpc) is 2.72. The van der Waals surface area contributed by atoms with Gasteiger partial charge in [0.2, 0.25) is 0 Å². The number of hydrogen-bond acceptors (Lipinski definition) is 1.